The fraction of sp³-hybridized carbons (Fsp3) is 0.529. The van der Waals surface area contributed by atoms with E-state index in [0.29, 0.717) is 5.88 Å². The van der Waals surface area contributed by atoms with Crippen LogP contribution in [0.5, 0.6) is 5.88 Å². The summed E-state index contributed by atoms with van der Waals surface area (Å²) < 4.78 is 6.07. The minimum atomic E-state index is 0.180. The summed E-state index contributed by atoms with van der Waals surface area (Å²) in [7, 11) is 0. The zero-order chi connectivity index (χ0) is 16.4. The lowest BCUT2D eigenvalue weighted by Gasteiger charge is -2.33. The quantitative estimate of drug-likeness (QED) is 0.867. The lowest BCUT2D eigenvalue weighted by Crippen LogP contribution is -2.39. The Hall–Kier alpha value is -2.24. The van der Waals surface area contributed by atoms with Gasteiger partial charge in [0.25, 0.3) is 0 Å². The molecular weight excluding hydrogens is 290 g/mol. The molecule has 3 heterocycles. The van der Waals surface area contributed by atoms with E-state index < -0.39 is 0 Å². The van der Waals surface area contributed by atoms with Gasteiger partial charge in [-0.2, -0.15) is 0 Å². The number of ether oxygens (including phenoxy) is 1. The Morgan fingerprint density at radius 3 is 2.22 bits per heavy atom. The number of anilines is 1. The topological polar surface area (TPSA) is 64.0 Å². The van der Waals surface area contributed by atoms with Crippen LogP contribution >= 0.6 is 0 Å². The van der Waals surface area contributed by atoms with Crippen LogP contribution in [-0.4, -0.2) is 39.1 Å². The second-order valence-corrected chi connectivity index (χ2v) is 6.13. The van der Waals surface area contributed by atoms with E-state index in [2.05, 4.69) is 24.8 Å². The number of aromatic nitrogens is 4. The maximum atomic E-state index is 6.07. The molecule has 0 aliphatic carbocycles. The number of hydrogen-bond acceptors (Lipinski definition) is 6. The van der Waals surface area contributed by atoms with Crippen molar-refractivity contribution >= 4 is 5.82 Å². The second-order valence-electron chi connectivity index (χ2n) is 6.13. The lowest BCUT2D eigenvalue weighted by molar-refractivity contribution is 0.161. The number of nitrogens with zero attached hydrogens (tertiary/aromatic N) is 5. The molecule has 0 aromatic carbocycles. The SMILES string of the molecule is Cc1cnc(C)c(OC2CCN(c3nc(C)cnc3C)CC2)n1. The molecule has 0 atom stereocenters. The highest BCUT2D eigenvalue weighted by atomic mass is 16.5. The van der Waals surface area contributed by atoms with Crippen LogP contribution in [0.2, 0.25) is 0 Å². The molecule has 6 heteroatoms. The van der Waals surface area contributed by atoms with E-state index in [1.165, 1.54) is 0 Å². The third kappa shape index (κ3) is 3.57. The van der Waals surface area contributed by atoms with Gasteiger partial charge in [-0.05, 0) is 27.7 Å². The molecule has 1 fully saturated rings. The van der Waals surface area contributed by atoms with E-state index in [-0.39, 0.29) is 6.10 Å². The normalized spacial score (nSPS) is 15.7. The summed E-state index contributed by atoms with van der Waals surface area (Å²) >= 11 is 0. The van der Waals surface area contributed by atoms with Crippen LogP contribution in [0.15, 0.2) is 12.4 Å². The minimum absolute atomic E-state index is 0.180. The summed E-state index contributed by atoms with van der Waals surface area (Å²) in [5, 5.41) is 0. The molecule has 1 saturated heterocycles. The predicted molar refractivity (Wildman–Crippen MR) is 88.9 cm³/mol. The largest absolute Gasteiger partial charge is 0.473 e. The summed E-state index contributed by atoms with van der Waals surface area (Å²) in [5.74, 6) is 1.66. The van der Waals surface area contributed by atoms with Crippen molar-refractivity contribution in [1.29, 1.82) is 0 Å². The third-order valence-electron chi connectivity index (χ3n) is 4.10. The highest BCUT2D eigenvalue weighted by Gasteiger charge is 2.24. The summed E-state index contributed by atoms with van der Waals surface area (Å²) in [4.78, 5) is 20.1. The van der Waals surface area contributed by atoms with Crippen LogP contribution in [0.4, 0.5) is 5.82 Å². The van der Waals surface area contributed by atoms with Gasteiger partial charge in [-0.3, -0.25) is 9.97 Å². The van der Waals surface area contributed by atoms with E-state index in [0.717, 1.165) is 54.5 Å². The van der Waals surface area contributed by atoms with Crippen LogP contribution in [0.3, 0.4) is 0 Å². The highest BCUT2D eigenvalue weighted by Crippen LogP contribution is 2.24. The Balaban J connectivity index is 1.64. The van der Waals surface area contributed by atoms with E-state index in [4.69, 9.17) is 4.74 Å². The van der Waals surface area contributed by atoms with Crippen molar-refractivity contribution in [2.75, 3.05) is 18.0 Å². The van der Waals surface area contributed by atoms with Gasteiger partial charge in [0.1, 0.15) is 11.9 Å². The molecule has 0 saturated carbocycles. The molecule has 1 aliphatic heterocycles. The molecule has 0 amide bonds. The number of piperidine rings is 1. The molecule has 0 unspecified atom stereocenters. The van der Waals surface area contributed by atoms with Gasteiger partial charge < -0.3 is 9.64 Å². The Labute approximate surface area is 137 Å². The molecule has 1 aliphatic rings. The van der Waals surface area contributed by atoms with Crippen molar-refractivity contribution in [3.05, 3.63) is 35.2 Å². The van der Waals surface area contributed by atoms with Gasteiger partial charge in [0.05, 0.1) is 22.8 Å². The monoisotopic (exact) mass is 313 g/mol. The molecule has 2 aromatic heterocycles. The predicted octanol–water partition coefficient (Wildman–Crippen LogP) is 2.55. The lowest BCUT2D eigenvalue weighted by atomic mass is 10.1. The van der Waals surface area contributed by atoms with Crippen molar-refractivity contribution in [1.82, 2.24) is 19.9 Å². The van der Waals surface area contributed by atoms with Gasteiger partial charge in [0.15, 0.2) is 0 Å². The molecular formula is C17H23N5O. The first-order valence-corrected chi connectivity index (χ1v) is 8.05. The molecule has 0 N–H and O–H groups in total. The van der Waals surface area contributed by atoms with Crippen LogP contribution in [0.25, 0.3) is 0 Å². The number of aryl methyl sites for hydroxylation is 4. The maximum absolute atomic E-state index is 6.07. The zero-order valence-electron chi connectivity index (χ0n) is 14.2. The van der Waals surface area contributed by atoms with Crippen molar-refractivity contribution in [3.63, 3.8) is 0 Å². The van der Waals surface area contributed by atoms with Crippen molar-refractivity contribution in [2.24, 2.45) is 0 Å². The molecule has 122 valence electrons. The third-order valence-corrected chi connectivity index (χ3v) is 4.10. The van der Waals surface area contributed by atoms with Gasteiger partial charge in [0.2, 0.25) is 5.88 Å². The summed E-state index contributed by atoms with van der Waals surface area (Å²) in [6.45, 7) is 9.69. The van der Waals surface area contributed by atoms with Crippen LogP contribution in [0, 0.1) is 27.7 Å². The first kappa shape index (κ1) is 15.6. The molecule has 3 rings (SSSR count). The average Bonchev–Trinajstić information content (AvgIpc) is 2.54. The Morgan fingerprint density at radius 2 is 1.52 bits per heavy atom. The Morgan fingerprint density at radius 1 is 0.913 bits per heavy atom. The highest BCUT2D eigenvalue weighted by molar-refractivity contribution is 5.43. The molecule has 6 nitrogen and oxygen atoms in total. The van der Waals surface area contributed by atoms with E-state index in [1.807, 2.05) is 33.9 Å². The first-order valence-electron chi connectivity index (χ1n) is 8.05. The molecule has 0 bridgehead atoms. The van der Waals surface area contributed by atoms with Crippen LogP contribution < -0.4 is 9.64 Å². The van der Waals surface area contributed by atoms with Crippen molar-refractivity contribution in [3.8, 4) is 5.88 Å². The number of rotatable bonds is 3. The fourth-order valence-corrected chi connectivity index (χ4v) is 2.79. The van der Waals surface area contributed by atoms with E-state index in [9.17, 15) is 0 Å². The molecule has 0 radical (unpaired) electrons. The van der Waals surface area contributed by atoms with Gasteiger partial charge in [-0.1, -0.05) is 0 Å². The summed E-state index contributed by atoms with van der Waals surface area (Å²) in [6.07, 6.45) is 5.66. The smallest absolute Gasteiger partial charge is 0.235 e. The van der Waals surface area contributed by atoms with Crippen molar-refractivity contribution < 1.29 is 4.74 Å². The summed E-state index contributed by atoms with van der Waals surface area (Å²) in [6, 6.07) is 0. The van der Waals surface area contributed by atoms with Crippen LogP contribution in [-0.2, 0) is 0 Å². The van der Waals surface area contributed by atoms with E-state index >= 15 is 0 Å². The summed E-state index contributed by atoms with van der Waals surface area (Å²) in [5.41, 5.74) is 3.66. The van der Waals surface area contributed by atoms with Gasteiger partial charge in [-0.25, -0.2) is 9.97 Å². The van der Waals surface area contributed by atoms with E-state index in [1.54, 1.807) is 6.20 Å². The average molecular weight is 313 g/mol. The van der Waals surface area contributed by atoms with Gasteiger partial charge in [-0.15, -0.1) is 0 Å². The number of hydrogen-bond donors (Lipinski definition) is 0. The Bertz CT molecular complexity index is 695. The second kappa shape index (κ2) is 6.48. The zero-order valence-corrected chi connectivity index (χ0v) is 14.2. The molecule has 23 heavy (non-hydrogen) atoms. The standard InChI is InChI=1S/C17H23N5O/c1-11-9-18-13(3)16(20-11)22-7-5-15(6-8-22)23-17-14(4)19-10-12(2)21-17/h9-10,15H,5-8H2,1-4H3. The van der Waals surface area contributed by atoms with Crippen LogP contribution in [0.1, 0.15) is 35.6 Å². The van der Waals surface area contributed by atoms with Gasteiger partial charge >= 0.3 is 0 Å². The maximum Gasteiger partial charge on any atom is 0.235 e. The van der Waals surface area contributed by atoms with Gasteiger partial charge in [0, 0.05) is 38.3 Å². The molecule has 0 spiro atoms. The minimum Gasteiger partial charge on any atom is -0.473 e. The Kier molecular flexibility index (Phi) is 4.41. The fourth-order valence-electron chi connectivity index (χ4n) is 2.79. The van der Waals surface area contributed by atoms with Crippen molar-refractivity contribution in [2.45, 2.75) is 46.6 Å². The molecule has 2 aromatic rings. The first-order chi connectivity index (χ1) is 11.0.